The first-order valence-electron chi connectivity index (χ1n) is 5.92. The van der Waals surface area contributed by atoms with E-state index in [-0.39, 0.29) is 5.56 Å². The maximum absolute atomic E-state index is 13.4. The van der Waals surface area contributed by atoms with E-state index in [0.717, 1.165) is 4.90 Å². The summed E-state index contributed by atoms with van der Waals surface area (Å²) in [6, 6.07) is -1.73. The van der Waals surface area contributed by atoms with E-state index in [1.54, 1.807) is 14.0 Å². The van der Waals surface area contributed by atoms with Crippen molar-refractivity contribution in [2.75, 3.05) is 26.5 Å². The second-order valence-electron chi connectivity index (χ2n) is 4.63. The molecule has 0 aliphatic heterocycles. The topological polar surface area (TPSA) is 41.1 Å². The standard InChI is InChI=1S/C12H15F3N4S/c1-6-18-9-8(10(19(3)4)12(13,14)15)7(16-2)5-17-11(9)20-6/h5,10,16H,1-4H3. The molecule has 1 unspecified atom stereocenters. The number of aromatic nitrogens is 2. The summed E-state index contributed by atoms with van der Waals surface area (Å²) >= 11 is 1.29. The molecule has 0 aliphatic rings. The van der Waals surface area contributed by atoms with Crippen molar-refractivity contribution in [3.8, 4) is 0 Å². The zero-order valence-corrected chi connectivity index (χ0v) is 12.4. The highest BCUT2D eigenvalue weighted by molar-refractivity contribution is 7.18. The molecule has 0 spiro atoms. The summed E-state index contributed by atoms with van der Waals surface area (Å²) in [5, 5.41) is 3.48. The van der Waals surface area contributed by atoms with Crippen LogP contribution in [0, 0.1) is 6.92 Å². The van der Waals surface area contributed by atoms with Gasteiger partial charge >= 0.3 is 6.18 Å². The fourth-order valence-electron chi connectivity index (χ4n) is 2.19. The SMILES string of the molecule is CNc1cnc2sc(C)nc2c1C(N(C)C)C(F)(F)F. The predicted molar refractivity (Wildman–Crippen MR) is 74.2 cm³/mol. The molecule has 2 heterocycles. The Labute approximate surface area is 118 Å². The van der Waals surface area contributed by atoms with E-state index in [2.05, 4.69) is 15.3 Å². The van der Waals surface area contributed by atoms with E-state index in [9.17, 15) is 13.2 Å². The molecule has 0 aliphatic carbocycles. The zero-order chi connectivity index (χ0) is 15.1. The molecular weight excluding hydrogens is 289 g/mol. The second kappa shape index (κ2) is 5.17. The summed E-state index contributed by atoms with van der Waals surface area (Å²) in [6.07, 6.45) is -2.96. The molecule has 0 aromatic carbocycles. The van der Waals surface area contributed by atoms with Crippen LogP contribution >= 0.6 is 11.3 Å². The Morgan fingerprint density at radius 2 is 2.00 bits per heavy atom. The molecule has 110 valence electrons. The molecular formula is C12H15F3N4S. The maximum Gasteiger partial charge on any atom is 0.408 e. The molecule has 0 fully saturated rings. The van der Waals surface area contributed by atoms with Crippen LogP contribution in [-0.4, -0.2) is 42.2 Å². The van der Waals surface area contributed by atoms with Crippen LogP contribution in [0.15, 0.2) is 6.20 Å². The van der Waals surface area contributed by atoms with Crippen molar-refractivity contribution in [2.24, 2.45) is 0 Å². The maximum atomic E-state index is 13.4. The summed E-state index contributed by atoms with van der Waals surface area (Å²) in [5.74, 6) is 0. The van der Waals surface area contributed by atoms with E-state index in [1.165, 1.54) is 31.6 Å². The highest BCUT2D eigenvalue weighted by Gasteiger charge is 2.45. The average molecular weight is 304 g/mol. The molecule has 2 aromatic rings. The van der Waals surface area contributed by atoms with Gasteiger partial charge in [0.1, 0.15) is 16.4 Å². The van der Waals surface area contributed by atoms with Gasteiger partial charge in [-0.3, -0.25) is 4.90 Å². The zero-order valence-electron chi connectivity index (χ0n) is 11.5. The van der Waals surface area contributed by atoms with Crippen molar-refractivity contribution < 1.29 is 13.2 Å². The van der Waals surface area contributed by atoms with Crippen LogP contribution in [0.25, 0.3) is 10.3 Å². The number of halogens is 3. The van der Waals surface area contributed by atoms with Crippen molar-refractivity contribution in [2.45, 2.75) is 19.1 Å². The van der Waals surface area contributed by atoms with Gasteiger partial charge in [0.05, 0.1) is 16.9 Å². The third kappa shape index (κ3) is 2.57. The summed E-state index contributed by atoms with van der Waals surface area (Å²) in [7, 11) is 4.39. The molecule has 2 aromatic heterocycles. The van der Waals surface area contributed by atoms with E-state index in [4.69, 9.17) is 0 Å². The van der Waals surface area contributed by atoms with Gasteiger partial charge in [0.25, 0.3) is 0 Å². The molecule has 2 rings (SSSR count). The van der Waals surface area contributed by atoms with Crippen LogP contribution in [-0.2, 0) is 0 Å². The number of nitrogens with zero attached hydrogens (tertiary/aromatic N) is 3. The van der Waals surface area contributed by atoms with Gasteiger partial charge in [-0.15, -0.1) is 0 Å². The molecule has 20 heavy (non-hydrogen) atoms. The number of hydrogen-bond donors (Lipinski definition) is 1. The number of alkyl halides is 3. The number of anilines is 1. The van der Waals surface area contributed by atoms with Crippen molar-refractivity contribution in [1.82, 2.24) is 14.9 Å². The number of rotatable bonds is 3. The van der Waals surface area contributed by atoms with Crippen molar-refractivity contribution in [3.63, 3.8) is 0 Å². The van der Waals surface area contributed by atoms with Gasteiger partial charge in [0.2, 0.25) is 0 Å². The number of aryl methyl sites for hydroxylation is 1. The van der Waals surface area contributed by atoms with Crippen LogP contribution in [0.2, 0.25) is 0 Å². The highest BCUT2D eigenvalue weighted by atomic mass is 32.1. The van der Waals surface area contributed by atoms with Crippen LogP contribution in [0.3, 0.4) is 0 Å². The summed E-state index contributed by atoms with van der Waals surface area (Å²) in [4.78, 5) is 10.1. The molecule has 1 N–H and O–H groups in total. The molecule has 4 nitrogen and oxygen atoms in total. The Morgan fingerprint density at radius 3 is 2.50 bits per heavy atom. The molecule has 8 heteroatoms. The number of fused-ring (bicyclic) bond motifs is 1. The third-order valence-corrected chi connectivity index (χ3v) is 3.82. The molecule has 0 saturated heterocycles. The quantitative estimate of drug-likeness (QED) is 0.945. The van der Waals surface area contributed by atoms with E-state index >= 15 is 0 Å². The molecule has 0 bridgehead atoms. The monoisotopic (exact) mass is 304 g/mol. The molecule has 1 atom stereocenters. The highest BCUT2D eigenvalue weighted by Crippen LogP contribution is 2.42. The Bertz CT molecular complexity index is 621. The van der Waals surface area contributed by atoms with Gasteiger partial charge in [-0.1, -0.05) is 11.3 Å². The van der Waals surface area contributed by atoms with Crippen molar-refractivity contribution >= 4 is 27.4 Å². The van der Waals surface area contributed by atoms with E-state index in [1.807, 2.05) is 0 Å². The smallest absolute Gasteiger partial charge is 0.387 e. The normalized spacial score (nSPS) is 14.0. The summed E-state index contributed by atoms with van der Waals surface area (Å²) < 4.78 is 40.2. The first-order valence-corrected chi connectivity index (χ1v) is 6.74. The lowest BCUT2D eigenvalue weighted by Crippen LogP contribution is -2.34. The minimum Gasteiger partial charge on any atom is -0.387 e. The van der Waals surface area contributed by atoms with Gasteiger partial charge in [-0.2, -0.15) is 13.2 Å². The number of nitrogens with one attached hydrogen (secondary N) is 1. The number of thiazole rings is 1. The Kier molecular flexibility index (Phi) is 3.88. The Hall–Kier alpha value is -1.41. The van der Waals surface area contributed by atoms with Gasteiger partial charge < -0.3 is 5.32 Å². The molecule has 0 radical (unpaired) electrons. The van der Waals surface area contributed by atoms with Crippen molar-refractivity contribution in [3.05, 3.63) is 16.8 Å². The number of hydrogen-bond acceptors (Lipinski definition) is 5. The lowest BCUT2D eigenvalue weighted by Gasteiger charge is -2.28. The lowest BCUT2D eigenvalue weighted by molar-refractivity contribution is -0.179. The second-order valence-corrected chi connectivity index (χ2v) is 5.81. The molecule has 0 amide bonds. The van der Waals surface area contributed by atoms with Gasteiger partial charge in [0, 0.05) is 12.6 Å². The summed E-state index contributed by atoms with van der Waals surface area (Å²) in [6.45, 7) is 1.76. The number of pyridine rings is 1. The fourth-order valence-corrected chi connectivity index (χ4v) is 2.96. The van der Waals surface area contributed by atoms with E-state index in [0.29, 0.717) is 21.0 Å². The van der Waals surface area contributed by atoms with Crippen LogP contribution < -0.4 is 5.32 Å². The minimum atomic E-state index is -4.39. The molecule has 0 saturated carbocycles. The van der Waals surface area contributed by atoms with Gasteiger partial charge in [0.15, 0.2) is 0 Å². The van der Waals surface area contributed by atoms with Crippen molar-refractivity contribution in [1.29, 1.82) is 0 Å². The first-order chi connectivity index (χ1) is 9.25. The van der Waals surface area contributed by atoms with Gasteiger partial charge in [-0.05, 0) is 21.0 Å². The van der Waals surface area contributed by atoms with Crippen LogP contribution in [0.1, 0.15) is 16.6 Å². The first kappa shape index (κ1) is 15.0. The lowest BCUT2D eigenvalue weighted by atomic mass is 10.0. The fraction of sp³-hybridized carbons (Fsp3) is 0.500. The van der Waals surface area contributed by atoms with Crippen LogP contribution in [0.5, 0.6) is 0 Å². The van der Waals surface area contributed by atoms with Crippen LogP contribution in [0.4, 0.5) is 18.9 Å². The Morgan fingerprint density at radius 1 is 1.35 bits per heavy atom. The minimum absolute atomic E-state index is 0.124. The Balaban J connectivity index is 2.77. The average Bonchev–Trinajstić information content (AvgIpc) is 2.68. The predicted octanol–water partition coefficient (Wildman–Crippen LogP) is 3.21. The van der Waals surface area contributed by atoms with Gasteiger partial charge in [-0.25, -0.2) is 9.97 Å². The largest absolute Gasteiger partial charge is 0.408 e. The summed E-state index contributed by atoms with van der Waals surface area (Å²) in [5.41, 5.74) is 0.786. The third-order valence-electron chi connectivity index (χ3n) is 2.94. The van der Waals surface area contributed by atoms with E-state index < -0.39 is 12.2 Å².